The molecule has 132 valence electrons. The van der Waals surface area contributed by atoms with Crippen LogP contribution in [0.5, 0.6) is 0 Å². The number of nitrogens with one attached hydrogen (secondary N) is 1. The summed E-state index contributed by atoms with van der Waals surface area (Å²) in [6.45, 7) is 1.05. The quantitative estimate of drug-likeness (QED) is 0.830. The van der Waals surface area contributed by atoms with Crippen LogP contribution in [0.25, 0.3) is 0 Å². The fourth-order valence-electron chi connectivity index (χ4n) is 2.82. The molecule has 1 fully saturated rings. The third kappa shape index (κ3) is 3.91. The molecule has 1 N–H and O–H groups in total. The van der Waals surface area contributed by atoms with Crippen LogP contribution in [-0.4, -0.2) is 42.9 Å². The zero-order valence-electron chi connectivity index (χ0n) is 13.7. The molecule has 0 saturated carbocycles. The molecule has 2 aromatic rings. The Morgan fingerprint density at radius 1 is 1.24 bits per heavy atom. The van der Waals surface area contributed by atoms with E-state index >= 15 is 0 Å². The smallest absolute Gasteiger partial charge is 0.340 e. The second kappa shape index (κ2) is 7.79. The lowest BCUT2D eigenvalue weighted by Gasteiger charge is -2.31. The maximum Gasteiger partial charge on any atom is 0.340 e. The van der Waals surface area contributed by atoms with E-state index in [1.54, 1.807) is 22.4 Å². The van der Waals surface area contributed by atoms with E-state index < -0.39 is 5.97 Å². The number of piperidine rings is 1. The van der Waals surface area contributed by atoms with Gasteiger partial charge < -0.3 is 15.0 Å². The number of esters is 1. The number of carbonyl (C=O) groups is 3. The number of rotatable bonds is 4. The van der Waals surface area contributed by atoms with E-state index in [2.05, 4.69) is 5.32 Å². The van der Waals surface area contributed by atoms with Crippen LogP contribution in [0, 0.1) is 5.92 Å². The largest absolute Gasteiger partial charge is 0.465 e. The Kier molecular flexibility index (Phi) is 5.50. The predicted octanol–water partition coefficient (Wildman–Crippen LogP) is 3.09. The van der Waals surface area contributed by atoms with Gasteiger partial charge >= 0.3 is 5.97 Å². The maximum atomic E-state index is 12.6. The number of hydrogen-bond acceptors (Lipinski definition) is 6. The van der Waals surface area contributed by atoms with Crippen molar-refractivity contribution in [2.24, 2.45) is 5.92 Å². The summed E-state index contributed by atoms with van der Waals surface area (Å²) >= 11 is 2.68. The van der Waals surface area contributed by atoms with Gasteiger partial charge in [0.1, 0.15) is 5.00 Å². The van der Waals surface area contributed by atoms with Crippen LogP contribution < -0.4 is 5.32 Å². The maximum absolute atomic E-state index is 12.6. The van der Waals surface area contributed by atoms with E-state index in [0.717, 1.165) is 12.8 Å². The molecule has 2 amide bonds. The Hall–Kier alpha value is -2.19. The number of likely N-dealkylation sites (tertiary alicyclic amines) is 1. The van der Waals surface area contributed by atoms with Gasteiger partial charge in [0.05, 0.1) is 23.5 Å². The average Bonchev–Trinajstić information content (AvgIpc) is 3.32. The highest BCUT2D eigenvalue weighted by Crippen LogP contribution is 2.27. The molecule has 3 rings (SSSR count). The topological polar surface area (TPSA) is 75.7 Å². The SMILES string of the molecule is COC(=O)c1ccsc1NC(=O)C1CCCN(C(=O)c2cccs2)C1. The van der Waals surface area contributed by atoms with Gasteiger partial charge in [-0.15, -0.1) is 22.7 Å². The van der Waals surface area contributed by atoms with Crippen molar-refractivity contribution in [3.8, 4) is 0 Å². The number of anilines is 1. The lowest BCUT2D eigenvalue weighted by atomic mass is 9.97. The molecule has 8 heteroatoms. The third-order valence-electron chi connectivity index (χ3n) is 4.12. The van der Waals surface area contributed by atoms with E-state index in [-0.39, 0.29) is 17.7 Å². The average molecular weight is 378 g/mol. The van der Waals surface area contributed by atoms with E-state index in [4.69, 9.17) is 4.74 Å². The summed E-state index contributed by atoms with van der Waals surface area (Å²) in [5, 5.41) is 6.90. The Bertz CT molecular complexity index is 769. The number of nitrogens with zero attached hydrogens (tertiary/aromatic N) is 1. The van der Waals surface area contributed by atoms with Gasteiger partial charge in [0, 0.05) is 13.1 Å². The van der Waals surface area contributed by atoms with E-state index in [0.29, 0.717) is 28.5 Å². The normalized spacial score (nSPS) is 17.2. The summed E-state index contributed by atoms with van der Waals surface area (Å²) in [5.74, 6) is -0.963. The van der Waals surface area contributed by atoms with Crippen molar-refractivity contribution < 1.29 is 19.1 Å². The van der Waals surface area contributed by atoms with Crippen LogP contribution in [0.15, 0.2) is 29.0 Å². The molecular formula is C17H18N2O4S2. The summed E-state index contributed by atoms with van der Waals surface area (Å²) in [6.07, 6.45) is 1.50. The molecule has 6 nitrogen and oxygen atoms in total. The van der Waals surface area contributed by atoms with Gasteiger partial charge in [-0.05, 0) is 35.7 Å². The predicted molar refractivity (Wildman–Crippen MR) is 97.2 cm³/mol. The second-order valence-corrected chi connectivity index (χ2v) is 7.58. The molecule has 1 saturated heterocycles. The fourth-order valence-corrected chi connectivity index (χ4v) is 4.29. The van der Waals surface area contributed by atoms with Gasteiger partial charge in [-0.1, -0.05) is 6.07 Å². The highest BCUT2D eigenvalue weighted by molar-refractivity contribution is 7.14. The molecule has 0 bridgehead atoms. The summed E-state index contributed by atoms with van der Waals surface area (Å²) in [5.41, 5.74) is 0.350. The van der Waals surface area contributed by atoms with Crippen LogP contribution in [0.3, 0.4) is 0 Å². The van der Waals surface area contributed by atoms with Crippen molar-refractivity contribution in [2.45, 2.75) is 12.8 Å². The first-order valence-corrected chi connectivity index (χ1v) is 9.65. The van der Waals surface area contributed by atoms with Gasteiger partial charge in [0.2, 0.25) is 5.91 Å². The molecule has 3 heterocycles. The van der Waals surface area contributed by atoms with Gasteiger partial charge in [0.15, 0.2) is 0 Å². The minimum atomic E-state index is -0.477. The zero-order chi connectivity index (χ0) is 17.8. The third-order valence-corrected chi connectivity index (χ3v) is 5.81. The fraction of sp³-hybridized carbons (Fsp3) is 0.353. The van der Waals surface area contributed by atoms with Crippen molar-refractivity contribution in [1.82, 2.24) is 4.90 Å². The van der Waals surface area contributed by atoms with Crippen molar-refractivity contribution in [3.63, 3.8) is 0 Å². The first-order chi connectivity index (χ1) is 12.1. The second-order valence-electron chi connectivity index (χ2n) is 5.71. The Balaban J connectivity index is 1.65. The lowest BCUT2D eigenvalue weighted by Crippen LogP contribution is -2.43. The molecular weight excluding hydrogens is 360 g/mol. The molecule has 0 aliphatic carbocycles. The molecule has 1 aliphatic heterocycles. The number of amides is 2. The van der Waals surface area contributed by atoms with Gasteiger partial charge in [-0.3, -0.25) is 9.59 Å². The van der Waals surface area contributed by atoms with Crippen LogP contribution in [0.1, 0.15) is 32.9 Å². The van der Waals surface area contributed by atoms with E-state index in [1.165, 1.54) is 29.8 Å². The van der Waals surface area contributed by atoms with Crippen molar-refractivity contribution in [3.05, 3.63) is 39.4 Å². The van der Waals surface area contributed by atoms with Crippen LogP contribution in [0.4, 0.5) is 5.00 Å². The monoisotopic (exact) mass is 378 g/mol. The van der Waals surface area contributed by atoms with Crippen LogP contribution >= 0.6 is 22.7 Å². The van der Waals surface area contributed by atoms with E-state index in [9.17, 15) is 14.4 Å². The Morgan fingerprint density at radius 2 is 2.08 bits per heavy atom. The number of ether oxygens (including phenoxy) is 1. The minimum absolute atomic E-state index is 0.0288. The van der Waals surface area contributed by atoms with Crippen LogP contribution in [-0.2, 0) is 9.53 Å². The zero-order valence-corrected chi connectivity index (χ0v) is 15.3. The van der Waals surface area contributed by atoms with Crippen molar-refractivity contribution >= 4 is 45.5 Å². The highest BCUT2D eigenvalue weighted by atomic mass is 32.1. The highest BCUT2D eigenvalue weighted by Gasteiger charge is 2.30. The number of methoxy groups -OCH3 is 1. The standard InChI is InChI=1S/C17H18N2O4S2/c1-23-17(22)12-6-9-25-15(12)18-14(20)11-4-2-7-19(10-11)16(21)13-5-3-8-24-13/h3,5-6,8-9,11H,2,4,7,10H2,1H3,(H,18,20). The van der Waals surface area contributed by atoms with E-state index in [1.807, 2.05) is 11.4 Å². The summed E-state index contributed by atoms with van der Waals surface area (Å²) in [7, 11) is 1.31. The van der Waals surface area contributed by atoms with Crippen molar-refractivity contribution in [2.75, 3.05) is 25.5 Å². The van der Waals surface area contributed by atoms with Gasteiger partial charge in [-0.2, -0.15) is 0 Å². The molecule has 1 atom stereocenters. The number of hydrogen-bond donors (Lipinski definition) is 1. The Labute approximate surface area is 153 Å². The molecule has 2 aromatic heterocycles. The summed E-state index contributed by atoms with van der Waals surface area (Å²) in [4.78, 5) is 39.2. The first kappa shape index (κ1) is 17.6. The molecule has 0 spiro atoms. The number of carbonyl (C=O) groups excluding carboxylic acids is 3. The van der Waals surface area contributed by atoms with Gasteiger partial charge in [0.25, 0.3) is 5.91 Å². The minimum Gasteiger partial charge on any atom is -0.465 e. The summed E-state index contributed by atoms with van der Waals surface area (Å²) < 4.78 is 4.72. The molecule has 25 heavy (non-hydrogen) atoms. The van der Waals surface area contributed by atoms with Crippen LogP contribution in [0.2, 0.25) is 0 Å². The first-order valence-electron chi connectivity index (χ1n) is 7.89. The molecule has 1 aliphatic rings. The molecule has 1 unspecified atom stereocenters. The molecule has 0 radical (unpaired) electrons. The number of thiophene rings is 2. The van der Waals surface area contributed by atoms with Crippen molar-refractivity contribution in [1.29, 1.82) is 0 Å². The van der Waals surface area contributed by atoms with Gasteiger partial charge in [-0.25, -0.2) is 4.79 Å². The Morgan fingerprint density at radius 3 is 2.80 bits per heavy atom. The lowest BCUT2D eigenvalue weighted by molar-refractivity contribution is -0.121. The summed E-state index contributed by atoms with van der Waals surface area (Å²) in [6, 6.07) is 5.27. The molecule has 0 aromatic carbocycles.